The van der Waals surface area contributed by atoms with Gasteiger partial charge in [0.15, 0.2) is 0 Å². The molecule has 3 nitrogen and oxygen atoms in total. The Morgan fingerprint density at radius 1 is 1.56 bits per heavy atom. The van der Waals surface area contributed by atoms with E-state index in [1.807, 2.05) is 6.92 Å². The van der Waals surface area contributed by atoms with Crippen molar-refractivity contribution in [3.8, 4) is 5.69 Å². The Kier molecular flexibility index (Phi) is 3.67. The van der Waals surface area contributed by atoms with Crippen LogP contribution in [0.15, 0.2) is 37.1 Å². The summed E-state index contributed by atoms with van der Waals surface area (Å²) in [5.41, 5.74) is 1.38. The number of aryl methyl sites for hydroxylation is 1. The molecular weight excluding hydrogens is 253 g/mol. The van der Waals surface area contributed by atoms with Crippen LogP contribution in [0.2, 0.25) is 5.02 Å². The summed E-state index contributed by atoms with van der Waals surface area (Å²) in [4.78, 5) is 4.32. The van der Waals surface area contributed by atoms with Gasteiger partial charge in [0.1, 0.15) is 5.82 Å². The van der Waals surface area contributed by atoms with Gasteiger partial charge in [0.05, 0.1) is 16.4 Å². The second-order valence-electron chi connectivity index (χ2n) is 3.84. The molecule has 0 saturated heterocycles. The maximum absolute atomic E-state index is 13.3. The largest absolute Gasteiger partial charge is 0.352 e. The van der Waals surface area contributed by atoms with Gasteiger partial charge < -0.3 is 5.32 Å². The number of halogens is 2. The van der Waals surface area contributed by atoms with Gasteiger partial charge in [-0.3, -0.25) is 4.57 Å². The van der Waals surface area contributed by atoms with Gasteiger partial charge in [-0.1, -0.05) is 17.7 Å². The zero-order chi connectivity index (χ0) is 13.1. The number of imidazole rings is 1. The van der Waals surface area contributed by atoms with Crippen LogP contribution in [-0.2, 0) is 0 Å². The third kappa shape index (κ3) is 2.54. The molecule has 94 valence electrons. The Morgan fingerprint density at radius 2 is 2.33 bits per heavy atom. The topological polar surface area (TPSA) is 29.9 Å². The van der Waals surface area contributed by atoms with Gasteiger partial charge >= 0.3 is 0 Å². The average Bonchev–Trinajstić information content (AvgIpc) is 2.71. The minimum absolute atomic E-state index is 0.338. The highest BCUT2D eigenvalue weighted by Crippen LogP contribution is 2.25. The monoisotopic (exact) mass is 265 g/mol. The molecule has 0 atom stereocenters. The summed E-state index contributed by atoms with van der Waals surface area (Å²) in [5, 5.41) is 3.55. The highest BCUT2D eigenvalue weighted by Gasteiger charge is 2.10. The second kappa shape index (κ2) is 5.23. The molecule has 2 aromatic rings. The van der Waals surface area contributed by atoms with Crippen LogP contribution in [-0.4, -0.2) is 16.1 Å². The van der Waals surface area contributed by atoms with Crippen molar-refractivity contribution in [1.82, 2.24) is 9.55 Å². The van der Waals surface area contributed by atoms with Crippen molar-refractivity contribution in [2.45, 2.75) is 6.92 Å². The van der Waals surface area contributed by atoms with E-state index in [0.29, 0.717) is 23.2 Å². The van der Waals surface area contributed by atoms with Crippen molar-refractivity contribution >= 4 is 17.5 Å². The van der Waals surface area contributed by atoms with Crippen LogP contribution in [0.1, 0.15) is 5.69 Å². The zero-order valence-corrected chi connectivity index (χ0v) is 10.7. The number of benzene rings is 1. The number of aromatic nitrogens is 2. The molecule has 0 aliphatic rings. The Labute approximate surface area is 110 Å². The second-order valence-corrected chi connectivity index (χ2v) is 4.25. The fourth-order valence-corrected chi connectivity index (χ4v) is 1.85. The summed E-state index contributed by atoms with van der Waals surface area (Å²) in [6.45, 7) is 6.07. The summed E-state index contributed by atoms with van der Waals surface area (Å²) in [5.74, 6) is 0.273. The molecule has 0 saturated carbocycles. The summed E-state index contributed by atoms with van der Waals surface area (Å²) in [6.07, 6.45) is 3.52. The average molecular weight is 266 g/mol. The van der Waals surface area contributed by atoms with E-state index in [2.05, 4.69) is 16.9 Å². The van der Waals surface area contributed by atoms with E-state index in [0.717, 1.165) is 5.69 Å². The lowest BCUT2D eigenvalue weighted by molar-refractivity contribution is 0.626. The lowest BCUT2D eigenvalue weighted by atomic mass is 10.3. The molecule has 0 radical (unpaired) electrons. The van der Waals surface area contributed by atoms with E-state index >= 15 is 0 Å². The van der Waals surface area contributed by atoms with E-state index < -0.39 is 0 Å². The number of anilines is 1. The fraction of sp³-hybridized carbons (Fsp3) is 0.154. The van der Waals surface area contributed by atoms with Gasteiger partial charge in [0.25, 0.3) is 0 Å². The first kappa shape index (κ1) is 12.6. The Morgan fingerprint density at radius 3 is 3.06 bits per heavy atom. The molecule has 0 fully saturated rings. The highest BCUT2D eigenvalue weighted by molar-refractivity contribution is 6.32. The third-order valence-corrected chi connectivity index (χ3v) is 2.72. The van der Waals surface area contributed by atoms with E-state index in [9.17, 15) is 4.39 Å². The Bertz CT molecular complexity index is 578. The Balaban J connectivity index is 2.48. The molecule has 18 heavy (non-hydrogen) atoms. The third-order valence-electron chi connectivity index (χ3n) is 2.40. The first-order valence-electron chi connectivity index (χ1n) is 5.48. The molecule has 0 aliphatic heterocycles. The molecule has 0 bridgehead atoms. The molecule has 2 rings (SSSR count). The quantitative estimate of drug-likeness (QED) is 0.857. The predicted molar refractivity (Wildman–Crippen MR) is 72.0 cm³/mol. The molecule has 0 spiro atoms. The van der Waals surface area contributed by atoms with Crippen molar-refractivity contribution < 1.29 is 4.39 Å². The SMILES string of the molecule is C=CCNc1nc(C)cn1-c1cc(F)ccc1Cl. The van der Waals surface area contributed by atoms with Gasteiger partial charge in [-0.15, -0.1) is 6.58 Å². The van der Waals surface area contributed by atoms with Crippen molar-refractivity contribution in [2.24, 2.45) is 0 Å². The van der Waals surface area contributed by atoms with Crippen molar-refractivity contribution in [1.29, 1.82) is 0 Å². The van der Waals surface area contributed by atoms with E-state index in [-0.39, 0.29) is 5.82 Å². The molecule has 1 heterocycles. The summed E-state index contributed by atoms with van der Waals surface area (Å²) in [6, 6.07) is 4.23. The predicted octanol–water partition coefficient (Wildman–Crippen LogP) is 3.57. The summed E-state index contributed by atoms with van der Waals surface area (Å²) >= 11 is 6.08. The zero-order valence-electron chi connectivity index (χ0n) is 9.95. The first-order chi connectivity index (χ1) is 8.61. The van der Waals surface area contributed by atoms with Crippen molar-refractivity contribution in [3.05, 3.63) is 53.6 Å². The van der Waals surface area contributed by atoms with Crippen LogP contribution < -0.4 is 5.32 Å². The highest BCUT2D eigenvalue weighted by atomic mass is 35.5. The number of rotatable bonds is 4. The molecule has 0 amide bonds. The van der Waals surface area contributed by atoms with Crippen molar-refractivity contribution in [3.63, 3.8) is 0 Å². The standard InChI is InChI=1S/C13H13ClFN3/c1-3-6-16-13-17-9(2)8-18(13)12-7-10(15)4-5-11(12)14/h3-5,7-8H,1,6H2,2H3,(H,16,17). The van der Waals surface area contributed by atoms with Crippen LogP contribution in [0.3, 0.4) is 0 Å². The van der Waals surface area contributed by atoms with Gasteiger partial charge in [-0.2, -0.15) is 0 Å². The lowest BCUT2D eigenvalue weighted by Crippen LogP contribution is -2.06. The Hall–Kier alpha value is -1.81. The summed E-state index contributed by atoms with van der Waals surface area (Å²) in [7, 11) is 0. The molecule has 1 aromatic carbocycles. The van der Waals surface area contributed by atoms with Gasteiger partial charge in [0, 0.05) is 12.7 Å². The van der Waals surface area contributed by atoms with Gasteiger partial charge in [-0.05, 0) is 25.1 Å². The van der Waals surface area contributed by atoms with E-state index in [1.54, 1.807) is 16.8 Å². The van der Waals surface area contributed by atoms with E-state index in [1.165, 1.54) is 18.2 Å². The maximum atomic E-state index is 13.3. The number of nitrogens with zero attached hydrogens (tertiary/aromatic N) is 2. The molecule has 0 aliphatic carbocycles. The van der Waals surface area contributed by atoms with Gasteiger partial charge in [-0.25, -0.2) is 9.37 Å². The lowest BCUT2D eigenvalue weighted by Gasteiger charge is -2.10. The molecule has 1 N–H and O–H groups in total. The van der Waals surface area contributed by atoms with Crippen LogP contribution in [0, 0.1) is 12.7 Å². The van der Waals surface area contributed by atoms with Crippen molar-refractivity contribution in [2.75, 3.05) is 11.9 Å². The normalized spacial score (nSPS) is 10.4. The summed E-state index contributed by atoms with van der Waals surface area (Å²) < 4.78 is 15.0. The molecule has 5 heteroatoms. The van der Waals surface area contributed by atoms with Crippen LogP contribution in [0.5, 0.6) is 0 Å². The minimum atomic E-state index is -0.338. The minimum Gasteiger partial charge on any atom is -0.352 e. The number of nitrogens with one attached hydrogen (secondary N) is 1. The molecule has 1 aromatic heterocycles. The maximum Gasteiger partial charge on any atom is 0.208 e. The van der Waals surface area contributed by atoms with Crippen LogP contribution in [0.4, 0.5) is 10.3 Å². The molecular formula is C13H13ClFN3. The number of hydrogen-bond donors (Lipinski definition) is 1. The van der Waals surface area contributed by atoms with Crippen LogP contribution >= 0.6 is 11.6 Å². The van der Waals surface area contributed by atoms with Gasteiger partial charge in [0.2, 0.25) is 5.95 Å². The smallest absolute Gasteiger partial charge is 0.208 e. The number of hydrogen-bond acceptors (Lipinski definition) is 2. The first-order valence-corrected chi connectivity index (χ1v) is 5.86. The molecule has 0 unspecified atom stereocenters. The van der Waals surface area contributed by atoms with Crippen LogP contribution in [0.25, 0.3) is 5.69 Å². The fourth-order valence-electron chi connectivity index (χ4n) is 1.64. The van der Waals surface area contributed by atoms with E-state index in [4.69, 9.17) is 11.6 Å².